The summed E-state index contributed by atoms with van der Waals surface area (Å²) >= 11 is 0. The fraction of sp³-hybridized carbons (Fsp3) is 0.417. The van der Waals surface area contributed by atoms with Gasteiger partial charge in [-0.3, -0.25) is 9.59 Å². The molecule has 30 heavy (non-hydrogen) atoms. The number of piperidine rings is 1. The molecule has 2 aromatic rings. The predicted octanol–water partition coefficient (Wildman–Crippen LogP) is 3.89. The molecule has 0 aromatic heterocycles. The lowest BCUT2D eigenvalue weighted by Gasteiger charge is -2.35. The van der Waals surface area contributed by atoms with Crippen molar-refractivity contribution in [3.63, 3.8) is 0 Å². The van der Waals surface area contributed by atoms with E-state index in [-0.39, 0.29) is 36.1 Å². The quantitative estimate of drug-likeness (QED) is 0.727. The minimum absolute atomic E-state index is 0.0329. The highest BCUT2D eigenvalue weighted by Crippen LogP contribution is 2.24. The van der Waals surface area contributed by atoms with Crippen LogP contribution in [0.15, 0.2) is 48.5 Å². The van der Waals surface area contributed by atoms with Gasteiger partial charge in [-0.25, -0.2) is 4.39 Å². The number of anilines is 1. The van der Waals surface area contributed by atoms with Crippen LogP contribution in [0.25, 0.3) is 0 Å². The summed E-state index contributed by atoms with van der Waals surface area (Å²) in [4.78, 5) is 27.1. The summed E-state index contributed by atoms with van der Waals surface area (Å²) in [6.07, 6.45) is 2.53. The molecule has 0 bridgehead atoms. The average molecular weight is 412 g/mol. The Bertz CT molecular complexity index is 878. The molecule has 1 saturated heterocycles. The Labute approximate surface area is 177 Å². The Morgan fingerprint density at radius 3 is 2.57 bits per heavy atom. The average Bonchev–Trinajstić information content (AvgIpc) is 2.77. The van der Waals surface area contributed by atoms with Gasteiger partial charge in [0, 0.05) is 37.3 Å². The van der Waals surface area contributed by atoms with Crippen molar-refractivity contribution in [2.45, 2.75) is 45.7 Å². The molecule has 1 atom stereocenters. The number of carbonyl (C=O) groups excluding carboxylic acids is 2. The van der Waals surface area contributed by atoms with Crippen LogP contribution in [0.3, 0.4) is 0 Å². The molecule has 0 spiro atoms. The van der Waals surface area contributed by atoms with Gasteiger partial charge in [-0.1, -0.05) is 38.1 Å². The number of amides is 2. The highest BCUT2D eigenvalue weighted by atomic mass is 19.1. The van der Waals surface area contributed by atoms with Crippen LogP contribution in [-0.4, -0.2) is 30.9 Å². The summed E-state index contributed by atoms with van der Waals surface area (Å²) in [5, 5.41) is 6.03. The molecule has 160 valence electrons. The molecule has 2 N–H and O–H groups in total. The molecular formula is C24H30FN3O2. The summed E-state index contributed by atoms with van der Waals surface area (Å²) < 4.78 is 13.4. The first-order valence-corrected chi connectivity index (χ1v) is 10.6. The number of nitrogens with one attached hydrogen (secondary N) is 2. The number of carbonyl (C=O) groups is 2. The van der Waals surface area contributed by atoms with Crippen molar-refractivity contribution < 1.29 is 14.0 Å². The number of benzene rings is 2. The summed E-state index contributed by atoms with van der Waals surface area (Å²) in [7, 11) is 0. The van der Waals surface area contributed by atoms with Crippen molar-refractivity contribution in [1.82, 2.24) is 10.6 Å². The smallest absolute Gasteiger partial charge is 0.253 e. The summed E-state index contributed by atoms with van der Waals surface area (Å²) in [6.45, 7) is 5.79. The van der Waals surface area contributed by atoms with Gasteiger partial charge < -0.3 is 15.5 Å². The molecule has 0 aliphatic carbocycles. The first-order chi connectivity index (χ1) is 14.5. The molecule has 3 rings (SSSR count). The van der Waals surface area contributed by atoms with Crippen LogP contribution in [0.5, 0.6) is 0 Å². The Balaban J connectivity index is 1.60. The standard InChI is InChI=1S/C24H30FN3O2/c1-3-17(2)23(29)27-20-11-13-28(14-12-20)22-10-5-4-9-21(22)24(30)26-16-18-7-6-8-19(25)15-18/h4-10,15,17,20H,3,11-14,16H2,1-2H3,(H,26,30)(H,27,29)/t17-/m0/s1. The van der Waals surface area contributed by atoms with Crippen LogP contribution in [0.1, 0.15) is 49.0 Å². The predicted molar refractivity (Wildman–Crippen MR) is 117 cm³/mol. The zero-order valence-corrected chi connectivity index (χ0v) is 17.7. The number of nitrogens with zero attached hydrogens (tertiary/aromatic N) is 1. The molecule has 2 aromatic carbocycles. The monoisotopic (exact) mass is 411 g/mol. The summed E-state index contributed by atoms with van der Waals surface area (Å²) in [5.41, 5.74) is 2.22. The topological polar surface area (TPSA) is 61.4 Å². The summed E-state index contributed by atoms with van der Waals surface area (Å²) in [6, 6.07) is 13.9. The number of halogens is 1. The zero-order valence-electron chi connectivity index (χ0n) is 17.7. The van der Waals surface area contributed by atoms with Crippen molar-refractivity contribution in [3.8, 4) is 0 Å². The van der Waals surface area contributed by atoms with E-state index in [0.29, 0.717) is 5.56 Å². The SMILES string of the molecule is CC[C@H](C)C(=O)NC1CCN(c2ccccc2C(=O)NCc2cccc(F)c2)CC1. The molecule has 0 radical (unpaired) electrons. The van der Waals surface area contributed by atoms with Crippen LogP contribution in [0.4, 0.5) is 10.1 Å². The van der Waals surface area contributed by atoms with Gasteiger partial charge in [-0.15, -0.1) is 0 Å². The van der Waals surface area contributed by atoms with Crippen LogP contribution in [0, 0.1) is 11.7 Å². The first-order valence-electron chi connectivity index (χ1n) is 10.6. The van der Waals surface area contributed by atoms with Crippen LogP contribution >= 0.6 is 0 Å². The second kappa shape index (κ2) is 10.2. The number of rotatable bonds is 7. The van der Waals surface area contributed by atoms with E-state index in [2.05, 4.69) is 15.5 Å². The minimum Gasteiger partial charge on any atom is -0.371 e. The van der Waals surface area contributed by atoms with Gasteiger partial charge in [-0.2, -0.15) is 0 Å². The first kappa shape index (κ1) is 21.8. The van der Waals surface area contributed by atoms with E-state index in [4.69, 9.17) is 0 Å². The highest BCUT2D eigenvalue weighted by molar-refractivity contribution is 5.99. The lowest BCUT2D eigenvalue weighted by Crippen LogP contribution is -2.46. The molecule has 6 heteroatoms. The van der Waals surface area contributed by atoms with E-state index in [1.807, 2.05) is 38.1 Å². The maximum atomic E-state index is 13.4. The highest BCUT2D eigenvalue weighted by Gasteiger charge is 2.24. The Hall–Kier alpha value is -2.89. The molecular weight excluding hydrogens is 381 g/mol. The van der Waals surface area contributed by atoms with Gasteiger partial charge >= 0.3 is 0 Å². The van der Waals surface area contributed by atoms with Crippen molar-refractivity contribution in [2.24, 2.45) is 5.92 Å². The molecule has 5 nitrogen and oxygen atoms in total. The lowest BCUT2D eigenvalue weighted by atomic mass is 10.0. The van der Waals surface area contributed by atoms with E-state index in [0.717, 1.165) is 43.6 Å². The largest absolute Gasteiger partial charge is 0.371 e. The van der Waals surface area contributed by atoms with E-state index in [1.165, 1.54) is 12.1 Å². The van der Waals surface area contributed by atoms with Gasteiger partial charge in [0.25, 0.3) is 5.91 Å². The van der Waals surface area contributed by atoms with Crippen LogP contribution < -0.4 is 15.5 Å². The molecule has 1 heterocycles. The van der Waals surface area contributed by atoms with Crippen molar-refractivity contribution in [2.75, 3.05) is 18.0 Å². The van der Waals surface area contributed by atoms with Gasteiger partial charge in [0.05, 0.1) is 5.56 Å². The van der Waals surface area contributed by atoms with E-state index in [9.17, 15) is 14.0 Å². The zero-order chi connectivity index (χ0) is 21.5. The van der Waals surface area contributed by atoms with Gasteiger partial charge in [-0.05, 0) is 49.1 Å². The molecule has 1 aliphatic heterocycles. The van der Waals surface area contributed by atoms with Crippen LogP contribution in [-0.2, 0) is 11.3 Å². The van der Waals surface area contributed by atoms with Gasteiger partial charge in [0.15, 0.2) is 0 Å². The minimum atomic E-state index is -0.314. The third-order valence-corrected chi connectivity index (χ3v) is 5.73. The molecule has 0 unspecified atom stereocenters. The molecule has 1 fully saturated rings. The van der Waals surface area contributed by atoms with Gasteiger partial charge in [0.1, 0.15) is 5.82 Å². The lowest BCUT2D eigenvalue weighted by molar-refractivity contribution is -0.125. The molecule has 1 aliphatic rings. The third kappa shape index (κ3) is 5.59. The van der Waals surface area contributed by atoms with E-state index in [1.54, 1.807) is 12.1 Å². The normalized spacial score (nSPS) is 15.5. The van der Waals surface area contributed by atoms with E-state index < -0.39 is 0 Å². The number of para-hydroxylation sites is 1. The second-order valence-corrected chi connectivity index (χ2v) is 7.91. The summed E-state index contributed by atoms with van der Waals surface area (Å²) in [5.74, 6) is -0.342. The maximum Gasteiger partial charge on any atom is 0.253 e. The van der Waals surface area contributed by atoms with E-state index >= 15 is 0 Å². The maximum absolute atomic E-state index is 13.4. The fourth-order valence-electron chi connectivity index (χ4n) is 3.66. The van der Waals surface area contributed by atoms with Crippen molar-refractivity contribution >= 4 is 17.5 Å². The molecule has 2 amide bonds. The number of hydrogen-bond acceptors (Lipinski definition) is 3. The molecule has 0 saturated carbocycles. The Morgan fingerprint density at radius 1 is 1.13 bits per heavy atom. The third-order valence-electron chi connectivity index (χ3n) is 5.73. The fourth-order valence-corrected chi connectivity index (χ4v) is 3.66. The second-order valence-electron chi connectivity index (χ2n) is 7.91. The Kier molecular flexibility index (Phi) is 7.44. The van der Waals surface area contributed by atoms with Gasteiger partial charge in [0.2, 0.25) is 5.91 Å². The van der Waals surface area contributed by atoms with Crippen LogP contribution in [0.2, 0.25) is 0 Å². The van der Waals surface area contributed by atoms with Crippen molar-refractivity contribution in [1.29, 1.82) is 0 Å². The Morgan fingerprint density at radius 2 is 1.87 bits per heavy atom. The van der Waals surface area contributed by atoms with Crippen molar-refractivity contribution in [3.05, 3.63) is 65.5 Å². The number of hydrogen-bond donors (Lipinski definition) is 2.